The van der Waals surface area contributed by atoms with E-state index in [4.69, 9.17) is 4.74 Å². The number of hydrogen-bond acceptors (Lipinski definition) is 7. The van der Waals surface area contributed by atoms with Crippen LogP contribution in [0.4, 0.5) is 0 Å². The molecular formula is C46H89NO4S2. The summed E-state index contributed by atoms with van der Waals surface area (Å²) in [7, 11) is 4.09. The van der Waals surface area contributed by atoms with Crippen LogP contribution in [0.1, 0.15) is 209 Å². The number of thioether (sulfide) groups is 2. The highest BCUT2D eigenvalue weighted by Crippen LogP contribution is 2.27. The highest BCUT2D eigenvalue weighted by Gasteiger charge is 2.18. The lowest BCUT2D eigenvalue weighted by atomic mass is 9.90. The molecule has 0 heterocycles. The van der Waals surface area contributed by atoms with Crippen LogP contribution >= 0.6 is 23.5 Å². The Kier molecular flexibility index (Phi) is 35.5. The van der Waals surface area contributed by atoms with Crippen molar-refractivity contribution < 1.29 is 19.1 Å². The minimum atomic E-state index is -0.0340. The molecular weight excluding hydrogens is 695 g/mol. The van der Waals surface area contributed by atoms with Gasteiger partial charge in [-0.15, -0.1) is 0 Å². The SMILES string of the molecule is CCCCC(CSC(=O)CCCCCCCCCC(CCCCCCCCCC(=O)SCC(CCC(C)C)C(C)C)OC(=O)CCCN(C)C)C(C)C. The summed E-state index contributed by atoms with van der Waals surface area (Å²) >= 11 is 3.16. The molecule has 0 saturated carbocycles. The van der Waals surface area contributed by atoms with Gasteiger partial charge in [-0.1, -0.05) is 155 Å². The molecule has 0 N–H and O–H groups in total. The fourth-order valence-electron chi connectivity index (χ4n) is 6.87. The Bertz CT molecular complexity index is 878. The zero-order chi connectivity index (χ0) is 39.7. The monoisotopic (exact) mass is 784 g/mol. The second kappa shape index (κ2) is 35.9. The van der Waals surface area contributed by atoms with Crippen molar-refractivity contribution in [2.75, 3.05) is 32.1 Å². The van der Waals surface area contributed by atoms with E-state index in [1.54, 1.807) is 23.5 Å². The zero-order valence-electron chi connectivity index (χ0n) is 36.7. The Balaban J connectivity index is 4.22. The standard InChI is InChI=1S/C46H89NO4S2/c1-10-11-27-41(39(4)5)36-52-45(49)31-24-20-16-12-14-18-22-28-43(51-44(48)30-26-35-47(8)9)29-23-19-15-13-17-21-25-32-46(50)53-37-42(40(6)7)34-33-38(2)3/h38-43H,10-37H2,1-9H3. The predicted octanol–water partition coefficient (Wildman–Crippen LogP) is 14.0. The van der Waals surface area contributed by atoms with E-state index >= 15 is 0 Å². The molecule has 0 amide bonds. The first-order valence-corrected chi connectivity index (χ1v) is 24.5. The average molecular weight is 784 g/mol. The lowest BCUT2D eigenvalue weighted by molar-refractivity contribution is -0.150. The van der Waals surface area contributed by atoms with Gasteiger partial charge in [0.2, 0.25) is 0 Å². The number of ether oxygens (including phenoxy) is 1. The highest BCUT2D eigenvalue weighted by molar-refractivity contribution is 8.13. The van der Waals surface area contributed by atoms with Gasteiger partial charge in [0, 0.05) is 30.8 Å². The van der Waals surface area contributed by atoms with Gasteiger partial charge in [-0.25, -0.2) is 0 Å². The van der Waals surface area contributed by atoms with Crippen LogP contribution in [0.3, 0.4) is 0 Å². The maximum atomic E-state index is 12.6. The van der Waals surface area contributed by atoms with Crippen LogP contribution in [0.5, 0.6) is 0 Å². The molecule has 0 aliphatic carbocycles. The summed E-state index contributed by atoms with van der Waals surface area (Å²) in [5, 5.41) is 0.767. The predicted molar refractivity (Wildman–Crippen MR) is 236 cm³/mol. The van der Waals surface area contributed by atoms with Gasteiger partial charge >= 0.3 is 5.97 Å². The van der Waals surface area contributed by atoms with Crippen molar-refractivity contribution in [3.05, 3.63) is 0 Å². The van der Waals surface area contributed by atoms with Crippen LogP contribution in [0, 0.1) is 29.6 Å². The first kappa shape index (κ1) is 52.5. The molecule has 0 aliphatic rings. The third-order valence-electron chi connectivity index (χ3n) is 10.9. The molecule has 0 aromatic rings. The number of carbonyl (C=O) groups is 3. The molecule has 0 radical (unpaired) electrons. The summed E-state index contributed by atoms with van der Waals surface area (Å²) in [6, 6.07) is 0. The Labute approximate surface area is 339 Å². The van der Waals surface area contributed by atoms with E-state index in [0.717, 1.165) is 94.6 Å². The molecule has 0 fully saturated rings. The normalized spacial score (nSPS) is 13.7. The molecule has 0 rings (SSSR count). The molecule has 3 unspecified atom stereocenters. The van der Waals surface area contributed by atoms with Crippen LogP contribution in [0.2, 0.25) is 0 Å². The lowest BCUT2D eigenvalue weighted by Gasteiger charge is -2.21. The van der Waals surface area contributed by atoms with E-state index in [9.17, 15) is 14.4 Å². The van der Waals surface area contributed by atoms with Gasteiger partial charge in [0.1, 0.15) is 6.10 Å². The third-order valence-corrected chi connectivity index (χ3v) is 13.2. The largest absolute Gasteiger partial charge is 0.462 e. The number of carbonyl (C=O) groups excluding carboxylic acids is 3. The highest BCUT2D eigenvalue weighted by atomic mass is 32.2. The molecule has 3 atom stereocenters. The Morgan fingerprint density at radius 2 is 0.943 bits per heavy atom. The van der Waals surface area contributed by atoms with Crippen molar-refractivity contribution in [2.45, 2.75) is 215 Å². The lowest BCUT2D eigenvalue weighted by Crippen LogP contribution is -2.20. The van der Waals surface area contributed by atoms with Gasteiger partial charge in [0.25, 0.3) is 0 Å². The van der Waals surface area contributed by atoms with Crippen LogP contribution in [-0.4, -0.2) is 59.3 Å². The van der Waals surface area contributed by atoms with E-state index in [1.807, 2.05) is 14.1 Å². The van der Waals surface area contributed by atoms with Gasteiger partial charge in [0.15, 0.2) is 10.2 Å². The van der Waals surface area contributed by atoms with Crippen molar-refractivity contribution in [2.24, 2.45) is 29.6 Å². The van der Waals surface area contributed by atoms with Crippen LogP contribution in [0.25, 0.3) is 0 Å². The van der Waals surface area contributed by atoms with Crippen molar-refractivity contribution in [3.8, 4) is 0 Å². The maximum Gasteiger partial charge on any atom is 0.306 e. The van der Waals surface area contributed by atoms with Gasteiger partial charge in [-0.2, -0.15) is 0 Å². The van der Waals surface area contributed by atoms with E-state index in [-0.39, 0.29) is 12.1 Å². The Morgan fingerprint density at radius 3 is 1.36 bits per heavy atom. The van der Waals surface area contributed by atoms with Gasteiger partial charge in [-0.05, 0) is 108 Å². The number of hydrogen-bond donors (Lipinski definition) is 0. The minimum Gasteiger partial charge on any atom is -0.462 e. The molecule has 7 heteroatoms. The number of esters is 1. The molecule has 0 bridgehead atoms. The summed E-state index contributed by atoms with van der Waals surface area (Å²) in [4.78, 5) is 39.6. The molecule has 53 heavy (non-hydrogen) atoms. The van der Waals surface area contributed by atoms with Crippen LogP contribution < -0.4 is 0 Å². The minimum absolute atomic E-state index is 0.0340. The zero-order valence-corrected chi connectivity index (χ0v) is 38.3. The summed E-state index contributed by atoms with van der Waals surface area (Å²) in [6.45, 7) is 16.9. The number of rotatable bonds is 37. The average Bonchev–Trinajstić information content (AvgIpc) is 3.09. The van der Waals surface area contributed by atoms with Gasteiger partial charge in [0.05, 0.1) is 0 Å². The molecule has 0 saturated heterocycles. The summed E-state index contributed by atoms with van der Waals surface area (Å²) in [6.07, 6.45) is 27.3. The molecule has 5 nitrogen and oxygen atoms in total. The fourth-order valence-corrected chi connectivity index (χ4v) is 9.35. The quantitative estimate of drug-likeness (QED) is 0.0459. The van der Waals surface area contributed by atoms with Crippen LogP contribution in [-0.2, 0) is 19.1 Å². The van der Waals surface area contributed by atoms with E-state index < -0.39 is 0 Å². The molecule has 314 valence electrons. The summed E-state index contributed by atoms with van der Waals surface area (Å²) in [5.41, 5.74) is 0. The third kappa shape index (κ3) is 34.4. The fraction of sp³-hybridized carbons (Fsp3) is 0.935. The second-order valence-electron chi connectivity index (χ2n) is 17.5. The topological polar surface area (TPSA) is 63.7 Å². The Hall–Kier alpha value is -0.530. The summed E-state index contributed by atoms with van der Waals surface area (Å²) < 4.78 is 6.01. The summed E-state index contributed by atoms with van der Waals surface area (Å²) in [5.74, 6) is 5.29. The molecule has 0 aliphatic heterocycles. The van der Waals surface area contributed by atoms with Crippen molar-refractivity contribution in [1.29, 1.82) is 0 Å². The van der Waals surface area contributed by atoms with Crippen molar-refractivity contribution >= 4 is 39.7 Å². The molecule has 0 aromatic carbocycles. The number of nitrogens with zero attached hydrogens (tertiary/aromatic N) is 1. The second-order valence-corrected chi connectivity index (χ2v) is 19.7. The van der Waals surface area contributed by atoms with Crippen LogP contribution in [0.15, 0.2) is 0 Å². The van der Waals surface area contributed by atoms with Gasteiger partial charge < -0.3 is 9.64 Å². The first-order valence-electron chi connectivity index (χ1n) is 22.5. The maximum absolute atomic E-state index is 12.6. The Morgan fingerprint density at radius 1 is 0.509 bits per heavy atom. The van der Waals surface area contributed by atoms with Gasteiger partial charge in [-0.3, -0.25) is 14.4 Å². The number of unbranched alkanes of at least 4 members (excludes halogenated alkanes) is 13. The van der Waals surface area contributed by atoms with Crippen molar-refractivity contribution in [3.63, 3.8) is 0 Å². The van der Waals surface area contributed by atoms with E-state index in [0.29, 0.717) is 40.3 Å². The smallest absolute Gasteiger partial charge is 0.306 e. The molecule has 0 spiro atoms. The van der Waals surface area contributed by atoms with E-state index in [2.05, 4.69) is 53.4 Å². The van der Waals surface area contributed by atoms with Crippen molar-refractivity contribution in [1.82, 2.24) is 4.90 Å². The first-order chi connectivity index (χ1) is 25.3. The molecule has 0 aromatic heterocycles. The van der Waals surface area contributed by atoms with E-state index in [1.165, 1.54) is 83.5 Å².